The van der Waals surface area contributed by atoms with Crippen LogP contribution in [0.5, 0.6) is 0 Å². The molecule has 0 spiro atoms. The SMILES string of the molecule is O=C(Cc1cccc(Cl)c1)Nc1cn[nH]c1C1CCNC1. The number of amides is 1. The Kier molecular flexibility index (Phi) is 4.22. The summed E-state index contributed by atoms with van der Waals surface area (Å²) in [6.45, 7) is 1.92. The van der Waals surface area contributed by atoms with E-state index in [9.17, 15) is 4.79 Å². The average molecular weight is 305 g/mol. The zero-order valence-electron chi connectivity index (χ0n) is 11.5. The average Bonchev–Trinajstić information content (AvgIpc) is 3.08. The molecule has 1 amide bonds. The first kappa shape index (κ1) is 14.1. The third-order valence-electron chi connectivity index (χ3n) is 3.67. The molecule has 5 nitrogen and oxygen atoms in total. The number of halogens is 1. The molecule has 1 fully saturated rings. The first-order chi connectivity index (χ1) is 10.2. The van der Waals surface area contributed by atoms with Crippen LogP contribution in [0.4, 0.5) is 5.69 Å². The molecule has 2 aromatic rings. The number of rotatable bonds is 4. The molecular weight excluding hydrogens is 288 g/mol. The van der Waals surface area contributed by atoms with Crippen molar-refractivity contribution in [1.82, 2.24) is 15.5 Å². The van der Waals surface area contributed by atoms with Crippen LogP contribution in [-0.4, -0.2) is 29.2 Å². The first-order valence-corrected chi connectivity index (χ1v) is 7.38. The van der Waals surface area contributed by atoms with Crippen molar-refractivity contribution in [2.45, 2.75) is 18.8 Å². The number of aromatic amines is 1. The smallest absolute Gasteiger partial charge is 0.228 e. The van der Waals surface area contributed by atoms with E-state index in [-0.39, 0.29) is 5.91 Å². The van der Waals surface area contributed by atoms with Crippen LogP contribution < -0.4 is 10.6 Å². The molecule has 1 aromatic heterocycles. The van der Waals surface area contributed by atoms with Gasteiger partial charge < -0.3 is 10.6 Å². The van der Waals surface area contributed by atoms with E-state index < -0.39 is 0 Å². The molecule has 3 rings (SSSR count). The fraction of sp³-hybridized carbons (Fsp3) is 0.333. The quantitative estimate of drug-likeness (QED) is 0.812. The van der Waals surface area contributed by atoms with Crippen molar-refractivity contribution in [3.8, 4) is 0 Å². The van der Waals surface area contributed by atoms with Gasteiger partial charge in [-0.3, -0.25) is 9.89 Å². The number of hydrogen-bond acceptors (Lipinski definition) is 3. The van der Waals surface area contributed by atoms with E-state index in [1.807, 2.05) is 12.1 Å². The van der Waals surface area contributed by atoms with Crippen molar-refractivity contribution >= 4 is 23.2 Å². The van der Waals surface area contributed by atoms with Gasteiger partial charge in [-0.25, -0.2) is 0 Å². The van der Waals surface area contributed by atoms with Gasteiger partial charge in [-0.05, 0) is 30.7 Å². The number of carbonyl (C=O) groups excluding carboxylic acids is 1. The molecule has 0 saturated carbocycles. The molecule has 2 heterocycles. The molecule has 0 bridgehead atoms. The minimum absolute atomic E-state index is 0.0640. The zero-order chi connectivity index (χ0) is 14.7. The lowest BCUT2D eigenvalue weighted by Crippen LogP contribution is -2.16. The van der Waals surface area contributed by atoms with E-state index in [1.54, 1.807) is 18.3 Å². The van der Waals surface area contributed by atoms with Crippen LogP contribution in [0.25, 0.3) is 0 Å². The van der Waals surface area contributed by atoms with Crippen molar-refractivity contribution in [3.63, 3.8) is 0 Å². The third-order valence-corrected chi connectivity index (χ3v) is 3.90. The number of hydrogen-bond donors (Lipinski definition) is 3. The molecule has 0 radical (unpaired) electrons. The fourth-order valence-electron chi connectivity index (χ4n) is 2.63. The van der Waals surface area contributed by atoms with Crippen molar-refractivity contribution in [3.05, 3.63) is 46.7 Å². The zero-order valence-corrected chi connectivity index (χ0v) is 12.3. The van der Waals surface area contributed by atoms with E-state index in [2.05, 4.69) is 20.8 Å². The monoisotopic (exact) mass is 304 g/mol. The molecule has 1 aromatic carbocycles. The molecular formula is C15H17ClN4O. The predicted molar refractivity (Wildman–Crippen MR) is 82.6 cm³/mol. The molecule has 1 aliphatic rings. The van der Waals surface area contributed by atoms with Gasteiger partial charge in [0, 0.05) is 17.5 Å². The Bertz CT molecular complexity index is 634. The number of aromatic nitrogens is 2. The number of carbonyl (C=O) groups is 1. The standard InChI is InChI=1S/C15H17ClN4O/c16-12-3-1-2-10(6-12)7-14(21)19-13-9-18-20-15(13)11-4-5-17-8-11/h1-3,6,9,11,17H,4-5,7-8H2,(H,18,20)(H,19,21). The summed E-state index contributed by atoms with van der Waals surface area (Å²) in [5, 5.41) is 13.9. The Balaban J connectivity index is 1.66. The van der Waals surface area contributed by atoms with E-state index in [4.69, 9.17) is 11.6 Å². The normalized spacial score (nSPS) is 17.9. The lowest BCUT2D eigenvalue weighted by atomic mass is 10.0. The maximum absolute atomic E-state index is 12.1. The second kappa shape index (κ2) is 6.28. The van der Waals surface area contributed by atoms with E-state index >= 15 is 0 Å². The van der Waals surface area contributed by atoms with Gasteiger partial charge in [0.15, 0.2) is 0 Å². The summed E-state index contributed by atoms with van der Waals surface area (Å²) in [7, 11) is 0. The van der Waals surface area contributed by atoms with Crippen LogP contribution in [0.2, 0.25) is 5.02 Å². The second-order valence-corrected chi connectivity index (χ2v) is 5.68. The molecule has 110 valence electrons. The van der Waals surface area contributed by atoms with Crippen molar-refractivity contribution < 1.29 is 4.79 Å². The van der Waals surface area contributed by atoms with Crippen LogP contribution >= 0.6 is 11.6 Å². The molecule has 1 unspecified atom stereocenters. The van der Waals surface area contributed by atoms with Crippen LogP contribution in [0.3, 0.4) is 0 Å². The van der Waals surface area contributed by atoms with Gasteiger partial charge in [-0.1, -0.05) is 23.7 Å². The summed E-state index contributed by atoms with van der Waals surface area (Å²) < 4.78 is 0. The summed E-state index contributed by atoms with van der Waals surface area (Å²) in [6, 6.07) is 7.34. The highest BCUT2D eigenvalue weighted by molar-refractivity contribution is 6.30. The Hall–Kier alpha value is -1.85. The summed E-state index contributed by atoms with van der Waals surface area (Å²) >= 11 is 5.93. The topological polar surface area (TPSA) is 69.8 Å². The lowest BCUT2D eigenvalue weighted by molar-refractivity contribution is -0.115. The fourth-order valence-corrected chi connectivity index (χ4v) is 2.85. The summed E-state index contributed by atoms with van der Waals surface area (Å²) in [5.41, 5.74) is 2.67. The third kappa shape index (κ3) is 3.43. The van der Waals surface area contributed by atoms with Gasteiger partial charge >= 0.3 is 0 Å². The Morgan fingerprint density at radius 3 is 3.14 bits per heavy atom. The molecule has 3 N–H and O–H groups in total. The van der Waals surface area contributed by atoms with Crippen molar-refractivity contribution in [2.75, 3.05) is 18.4 Å². The minimum atomic E-state index is -0.0640. The maximum Gasteiger partial charge on any atom is 0.228 e. The maximum atomic E-state index is 12.1. The summed E-state index contributed by atoms with van der Waals surface area (Å²) in [4.78, 5) is 12.1. The van der Waals surface area contributed by atoms with Crippen LogP contribution in [0.15, 0.2) is 30.5 Å². The van der Waals surface area contributed by atoms with Gasteiger partial charge in [-0.15, -0.1) is 0 Å². The number of benzene rings is 1. The van der Waals surface area contributed by atoms with Crippen molar-refractivity contribution in [2.24, 2.45) is 0 Å². The van der Waals surface area contributed by atoms with E-state index in [0.29, 0.717) is 17.4 Å². The molecule has 21 heavy (non-hydrogen) atoms. The number of nitrogens with one attached hydrogen (secondary N) is 3. The van der Waals surface area contributed by atoms with E-state index in [0.717, 1.165) is 36.5 Å². The van der Waals surface area contributed by atoms with E-state index in [1.165, 1.54) is 0 Å². The minimum Gasteiger partial charge on any atom is -0.323 e. The molecule has 0 aliphatic carbocycles. The first-order valence-electron chi connectivity index (χ1n) is 7.00. The molecule has 6 heteroatoms. The summed E-state index contributed by atoms with van der Waals surface area (Å²) in [5.74, 6) is 0.319. The Morgan fingerprint density at radius 2 is 2.38 bits per heavy atom. The molecule has 1 aliphatic heterocycles. The van der Waals surface area contributed by atoms with Gasteiger partial charge in [-0.2, -0.15) is 5.10 Å². The highest BCUT2D eigenvalue weighted by atomic mass is 35.5. The van der Waals surface area contributed by atoms with Crippen molar-refractivity contribution in [1.29, 1.82) is 0 Å². The van der Waals surface area contributed by atoms with Crippen LogP contribution in [-0.2, 0) is 11.2 Å². The second-order valence-electron chi connectivity index (χ2n) is 5.24. The van der Waals surface area contributed by atoms with Gasteiger partial charge in [0.1, 0.15) is 0 Å². The molecule has 1 atom stereocenters. The molecule has 1 saturated heterocycles. The Labute approximate surface area is 128 Å². The van der Waals surface area contributed by atoms with Gasteiger partial charge in [0.2, 0.25) is 5.91 Å². The van der Waals surface area contributed by atoms with Crippen LogP contribution in [0.1, 0.15) is 23.6 Å². The van der Waals surface area contributed by atoms with Gasteiger partial charge in [0.05, 0.1) is 24.0 Å². The Morgan fingerprint density at radius 1 is 1.48 bits per heavy atom. The number of H-pyrrole nitrogens is 1. The highest BCUT2D eigenvalue weighted by Gasteiger charge is 2.22. The lowest BCUT2D eigenvalue weighted by Gasteiger charge is -2.10. The van der Waals surface area contributed by atoms with Crippen LogP contribution in [0, 0.1) is 0 Å². The largest absolute Gasteiger partial charge is 0.323 e. The highest BCUT2D eigenvalue weighted by Crippen LogP contribution is 2.26. The number of nitrogens with zero attached hydrogens (tertiary/aromatic N) is 1. The number of anilines is 1. The van der Waals surface area contributed by atoms with Gasteiger partial charge in [0.25, 0.3) is 0 Å². The predicted octanol–water partition coefficient (Wildman–Crippen LogP) is 2.32. The summed E-state index contributed by atoms with van der Waals surface area (Å²) in [6.07, 6.45) is 3.02.